The van der Waals surface area contributed by atoms with Crippen LogP contribution in [0.25, 0.3) is 10.4 Å². The first-order valence-electron chi connectivity index (χ1n) is 7.27. The zero-order valence-electron chi connectivity index (χ0n) is 12.3. The summed E-state index contributed by atoms with van der Waals surface area (Å²) >= 11 is 7.28. The van der Waals surface area contributed by atoms with Crippen molar-refractivity contribution >= 4 is 38.7 Å². The number of carbonyl (C=O) groups is 1. The van der Waals surface area contributed by atoms with Gasteiger partial charge < -0.3 is 5.32 Å². The first-order chi connectivity index (χ1) is 10.9. The van der Waals surface area contributed by atoms with Gasteiger partial charge in [0.25, 0.3) is 5.91 Å². The average Bonchev–Trinajstić information content (AvgIpc) is 3.12. The van der Waals surface area contributed by atoms with Crippen molar-refractivity contribution in [3.8, 4) is 10.4 Å². The Morgan fingerprint density at radius 2 is 1.96 bits per heavy atom. The van der Waals surface area contributed by atoms with E-state index in [2.05, 4.69) is 5.32 Å². The maximum absolute atomic E-state index is 12.2. The summed E-state index contributed by atoms with van der Waals surface area (Å²) in [5.41, 5.74) is 1.01. The first-order valence-corrected chi connectivity index (χ1v) is 10.3. The number of hydrogen-bond donors (Lipinski definition) is 1. The van der Waals surface area contributed by atoms with E-state index in [1.165, 1.54) is 11.3 Å². The summed E-state index contributed by atoms with van der Waals surface area (Å²) in [5.74, 6) is 0.278. The van der Waals surface area contributed by atoms with E-state index in [0.29, 0.717) is 22.9 Å². The van der Waals surface area contributed by atoms with Crippen LogP contribution in [-0.2, 0) is 9.84 Å². The second-order valence-corrected chi connectivity index (χ2v) is 9.40. The lowest BCUT2D eigenvalue weighted by atomic mass is 10.1. The van der Waals surface area contributed by atoms with Gasteiger partial charge in [-0.2, -0.15) is 0 Å². The number of amides is 1. The monoisotopic (exact) mass is 369 g/mol. The highest BCUT2D eigenvalue weighted by Gasteiger charge is 2.28. The molecule has 1 aliphatic rings. The van der Waals surface area contributed by atoms with Gasteiger partial charge in [0.1, 0.15) is 0 Å². The topological polar surface area (TPSA) is 63.2 Å². The van der Waals surface area contributed by atoms with Crippen LogP contribution in [0, 0.1) is 5.92 Å². The lowest BCUT2D eigenvalue weighted by molar-refractivity contribution is 0.0952. The van der Waals surface area contributed by atoms with Gasteiger partial charge in [0.15, 0.2) is 9.84 Å². The molecule has 2 heterocycles. The fourth-order valence-electron chi connectivity index (χ4n) is 2.59. The van der Waals surface area contributed by atoms with E-state index in [1.54, 1.807) is 6.07 Å². The van der Waals surface area contributed by atoms with Crippen molar-refractivity contribution in [2.75, 3.05) is 18.1 Å². The summed E-state index contributed by atoms with van der Waals surface area (Å²) in [6.45, 7) is 0.409. The number of rotatable bonds is 4. The van der Waals surface area contributed by atoms with Crippen LogP contribution >= 0.6 is 22.9 Å². The largest absolute Gasteiger partial charge is 0.351 e. The quantitative estimate of drug-likeness (QED) is 0.899. The molecule has 1 amide bonds. The highest BCUT2D eigenvalue weighted by atomic mass is 35.5. The van der Waals surface area contributed by atoms with Gasteiger partial charge in [-0.25, -0.2) is 8.42 Å². The molecular formula is C16H16ClNO3S2. The zero-order valence-corrected chi connectivity index (χ0v) is 14.7. The van der Waals surface area contributed by atoms with Gasteiger partial charge in [-0.05, 0) is 42.2 Å². The van der Waals surface area contributed by atoms with Crippen LogP contribution in [0.15, 0.2) is 36.4 Å². The predicted octanol–water partition coefficient (Wildman–Crippen LogP) is 3.23. The van der Waals surface area contributed by atoms with Crippen molar-refractivity contribution in [2.45, 2.75) is 6.42 Å². The van der Waals surface area contributed by atoms with E-state index >= 15 is 0 Å². The number of carbonyl (C=O) groups excluding carboxylic acids is 1. The van der Waals surface area contributed by atoms with E-state index in [1.807, 2.05) is 30.3 Å². The molecule has 1 aliphatic heterocycles. The van der Waals surface area contributed by atoms with Gasteiger partial charge in [-0.15, -0.1) is 11.3 Å². The fourth-order valence-corrected chi connectivity index (χ4v) is 5.50. The maximum Gasteiger partial charge on any atom is 0.261 e. The second kappa shape index (κ2) is 6.63. The Morgan fingerprint density at radius 1 is 1.22 bits per heavy atom. The van der Waals surface area contributed by atoms with Crippen molar-refractivity contribution in [1.29, 1.82) is 0 Å². The Morgan fingerprint density at radius 3 is 2.61 bits per heavy atom. The Balaban J connectivity index is 1.61. The van der Waals surface area contributed by atoms with Crippen LogP contribution in [0.1, 0.15) is 16.1 Å². The summed E-state index contributed by atoms with van der Waals surface area (Å²) in [7, 11) is -2.90. The number of benzene rings is 1. The molecule has 1 saturated heterocycles. The summed E-state index contributed by atoms with van der Waals surface area (Å²) in [4.78, 5) is 13.8. The normalized spacial score (nSPS) is 19.6. The molecule has 1 aromatic carbocycles. The van der Waals surface area contributed by atoms with Crippen LogP contribution in [0.4, 0.5) is 0 Å². The lowest BCUT2D eigenvalue weighted by Gasteiger charge is -2.08. The Hall–Kier alpha value is -1.37. The highest BCUT2D eigenvalue weighted by molar-refractivity contribution is 7.91. The van der Waals surface area contributed by atoms with Crippen LogP contribution in [0.3, 0.4) is 0 Å². The molecule has 23 heavy (non-hydrogen) atoms. The number of nitrogens with one attached hydrogen (secondary N) is 1. The maximum atomic E-state index is 12.2. The van der Waals surface area contributed by atoms with Gasteiger partial charge in [0.2, 0.25) is 0 Å². The van der Waals surface area contributed by atoms with E-state index < -0.39 is 9.84 Å². The minimum absolute atomic E-state index is 0.0275. The van der Waals surface area contributed by atoms with Crippen molar-refractivity contribution in [3.05, 3.63) is 46.3 Å². The fraction of sp³-hybridized carbons (Fsp3) is 0.312. The predicted molar refractivity (Wildman–Crippen MR) is 93.9 cm³/mol. The number of hydrogen-bond acceptors (Lipinski definition) is 4. The average molecular weight is 370 g/mol. The van der Waals surface area contributed by atoms with Crippen LogP contribution in [0.5, 0.6) is 0 Å². The second-order valence-electron chi connectivity index (χ2n) is 5.65. The van der Waals surface area contributed by atoms with Crippen molar-refractivity contribution in [1.82, 2.24) is 5.32 Å². The summed E-state index contributed by atoms with van der Waals surface area (Å²) < 4.78 is 22.8. The molecule has 0 radical (unpaired) electrons. The van der Waals surface area contributed by atoms with Crippen molar-refractivity contribution in [3.63, 3.8) is 0 Å². The molecule has 1 N–H and O–H groups in total. The van der Waals surface area contributed by atoms with Gasteiger partial charge in [-0.1, -0.05) is 23.7 Å². The minimum atomic E-state index is -2.90. The molecule has 0 aliphatic carbocycles. The van der Waals surface area contributed by atoms with Crippen LogP contribution in [-0.4, -0.2) is 32.4 Å². The van der Waals surface area contributed by atoms with E-state index in [4.69, 9.17) is 11.6 Å². The molecular weight excluding hydrogens is 354 g/mol. The smallest absolute Gasteiger partial charge is 0.261 e. The first kappa shape index (κ1) is 16.5. The molecule has 0 saturated carbocycles. The molecule has 7 heteroatoms. The molecule has 0 spiro atoms. The molecule has 1 fully saturated rings. The van der Waals surface area contributed by atoms with Crippen molar-refractivity contribution in [2.24, 2.45) is 5.92 Å². The zero-order chi connectivity index (χ0) is 16.4. The van der Waals surface area contributed by atoms with Gasteiger partial charge in [-0.3, -0.25) is 4.79 Å². The van der Waals surface area contributed by atoms with Gasteiger partial charge in [0.05, 0.1) is 16.4 Å². The van der Waals surface area contributed by atoms with E-state index in [0.717, 1.165) is 10.4 Å². The number of sulfone groups is 1. The van der Waals surface area contributed by atoms with E-state index in [-0.39, 0.29) is 23.3 Å². The molecule has 1 unspecified atom stereocenters. The molecule has 4 nitrogen and oxygen atoms in total. The summed E-state index contributed by atoms with van der Waals surface area (Å²) in [6.07, 6.45) is 0.628. The third-order valence-electron chi connectivity index (χ3n) is 3.84. The minimum Gasteiger partial charge on any atom is -0.351 e. The highest BCUT2D eigenvalue weighted by Crippen LogP contribution is 2.29. The molecule has 1 atom stereocenters. The summed E-state index contributed by atoms with van der Waals surface area (Å²) in [5, 5.41) is 3.51. The van der Waals surface area contributed by atoms with Crippen LogP contribution < -0.4 is 5.32 Å². The molecule has 2 aromatic rings. The van der Waals surface area contributed by atoms with E-state index in [9.17, 15) is 13.2 Å². The molecule has 122 valence electrons. The third-order valence-corrected chi connectivity index (χ3v) is 7.06. The third kappa shape index (κ3) is 4.13. The Labute approximate surface area is 144 Å². The number of thiophene rings is 1. The molecule has 0 bridgehead atoms. The van der Waals surface area contributed by atoms with Gasteiger partial charge >= 0.3 is 0 Å². The molecule has 1 aromatic heterocycles. The van der Waals surface area contributed by atoms with Gasteiger partial charge in [0, 0.05) is 16.4 Å². The number of halogens is 1. The Kier molecular flexibility index (Phi) is 4.75. The SMILES string of the molecule is O=C(NCC1CCS(=O)(=O)C1)c1ccc(-c2ccc(Cl)cc2)s1. The molecule has 3 rings (SSSR count). The lowest BCUT2D eigenvalue weighted by Crippen LogP contribution is -2.29. The Bertz CT molecular complexity index is 812. The summed E-state index contributed by atoms with van der Waals surface area (Å²) in [6, 6.07) is 11.2. The van der Waals surface area contributed by atoms with Crippen LogP contribution in [0.2, 0.25) is 5.02 Å². The van der Waals surface area contributed by atoms with Crippen molar-refractivity contribution < 1.29 is 13.2 Å². The standard InChI is InChI=1S/C16H16ClNO3S2/c17-13-3-1-12(2-4-13)14-5-6-15(22-14)16(19)18-9-11-7-8-23(20,21)10-11/h1-6,11H,7-10H2,(H,18,19).